The van der Waals surface area contributed by atoms with Crippen molar-refractivity contribution in [3.63, 3.8) is 0 Å². The van der Waals surface area contributed by atoms with Crippen LogP contribution in [-0.4, -0.2) is 68.7 Å². The molecular weight excluding hydrogens is 298 g/mol. The Balaban J connectivity index is 2.03. The molecule has 7 nitrogen and oxygen atoms in total. The molecule has 2 rings (SSSR count). The highest BCUT2D eigenvalue weighted by Crippen LogP contribution is 2.39. The molecule has 1 aromatic carbocycles. The molecule has 1 heterocycles. The Morgan fingerprint density at radius 1 is 1.17 bits per heavy atom. The minimum absolute atomic E-state index is 0.0187. The van der Waals surface area contributed by atoms with Crippen LogP contribution in [0.1, 0.15) is 12.0 Å². The van der Waals surface area contributed by atoms with Gasteiger partial charge < -0.3 is 19.3 Å². The lowest BCUT2D eigenvalue weighted by Crippen LogP contribution is -2.44. The highest BCUT2D eigenvalue weighted by atomic mass is 16.6. The van der Waals surface area contributed by atoms with Gasteiger partial charge in [0.15, 0.2) is 5.75 Å². The summed E-state index contributed by atoms with van der Waals surface area (Å²) in [5, 5.41) is 11.4. The maximum atomic E-state index is 11.4. The Bertz CT molecular complexity index is 542. The first-order valence-corrected chi connectivity index (χ1v) is 7.86. The third kappa shape index (κ3) is 4.33. The largest absolute Gasteiger partial charge is 0.493 e. The van der Waals surface area contributed by atoms with Crippen molar-refractivity contribution in [3.8, 4) is 11.5 Å². The number of ether oxygens (including phenoxy) is 2. The molecule has 0 spiro atoms. The molecule has 128 valence electrons. The number of methoxy groups -OCH3 is 2. The van der Waals surface area contributed by atoms with E-state index in [1.54, 1.807) is 12.1 Å². The van der Waals surface area contributed by atoms with Crippen LogP contribution < -0.4 is 9.47 Å². The summed E-state index contributed by atoms with van der Waals surface area (Å²) in [6, 6.07) is 3.50. The van der Waals surface area contributed by atoms with Crippen molar-refractivity contribution in [1.29, 1.82) is 0 Å². The van der Waals surface area contributed by atoms with Crippen molar-refractivity contribution < 1.29 is 14.4 Å². The maximum Gasteiger partial charge on any atom is 0.318 e. The van der Waals surface area contributed by atoms with E-state index >= 15 is 0 Å². The fraction of sp³-hybridized carbons (Fsp3) is 0.625. The topological polar surface area (TPSA) is 68.1 Å². The summed E-state index contributed by atoms with van der Waals surface area (Å²) in [6.45, 7) is 5.24. The van der Waals surface area contributed by atoms with Gasteiger partial charge in [-0.2, -0.15) is 0 Å². The summed E-state index contributed by atoms with van der Waals surface area (Å²) < 4.78 is 10.3. The highest BCUT2D eigenvalue weighted by molar-refractivity contribution is 5.60. The number of nitro benzene ring substituents is 1. The minimum atomic E-state index is -0.382. The van der Waals surface area contributed by atoms with Crippen LogP contribution in [-0.2, 0) is 6.42 Å². The van der Waals surface area contributed by atoms with Crippen LogP contribution in [0.2, 0.25) is 0 Å². The fourth-order valence-corrected chi connectivity index (χ4v) is 2.92. The van der Waals surface area contributed by atoms with E-state index < -0.39 is 0 Å². The van der Waals surface area contributed by atoms with Gasteiger partial charge in [-0.05, 0) is 38.6 Å². The van der Waals surface area contributed by atoms with Gasteiger partial charge in [-0.25, -0.2) is 0 Å². The van der Waals surface area contributed by atoms with E-state index in [0.29, 0.717) is 17.7 Å². The van der Waals surface area contributed by atoms with Gasteiger partial charge in [0, 0.05) is 31.7 Å². The first kappa shape index (κ1) is 17.5. The summed E-state index contributed by atoms with van der Waals surface area (Å²) >= 11 is 0. The third-order valence-corrected chi connectivity index (χ3v) is 4.30. The molecule has 7 heteroatoms. The summed E-state index contributed by atoms with van der Waals surface area (Å²) in [4.78, 5) is 15.8. The third-order valence-electron chi connectivity index (χ3n) is 4.30. The molecule has 0 unspecified atom stereocenters. The van der Waals surface area contributed by atoms with Gasteiger partial charge in [-0.1, -0.05) is 0 Å². The predicted molar refractivity (Wildman–Crippen MR) is 88.5 cm³/mol. The molecule has 0 aromatic heterocycles. The average Bonchev–Trinajstić information content (AvgIpc) is 2.55. The number of rotatable bonds is 7. The molecule has 0 amide bonds. The monoisotopic (exact) mass is 323 g/mol. The van der Waals surface area contributed by atoms with Crippen LogP contribution >= 0.6 is 0 Å². The zero-order valence-corrected chi connectivity index (χ0v) is 14.1. The molecule has 0 N–H and O–H groups in total. The number of likely N-dealkylation sites (N-methyl/N-ethyl adjacent to an activating group) is 1. The number of piperazine rings is 1. The van der Waals surface area contributed by atoms with Crippen molar-refractivity contribution in [1.82, 2.24) is 9.80 Å². The van der Waals surface area contributed by atoms with Gasteiger partial charge in [-0.15, -0.1) is 0 Å². The van der Waals surface area contributed by atoms with E-state index in [1.807, 2.05) is 0 Å². The van der Waals surface area contributed by atoms with E-state index in [4.69, 9.17) is 9.47 Å². The van der Waals surface area contributed by atoms with Crippen LogP contribution in [0.4, 0.5) is 5.69 Å². The molecule has 1 aliphatic rings. The molecule has 0 aliphatic carbocycles. The van der Waals surface area contributed by atoms with E-state index in [0.717, 1.165) is 39.1 Å². The summed E-state index contributed by atoms with van der Waals surface area (Å²) in [5.41, 5.74) is 0.715. The Hall–Kier alpha value is -1.86. The average molecular weight is 323 g/mol. The second kappa shape index (κ2) is 8.12. The molecular formula is C16H25N3O4. The number of nitro groups is 1. The quantitative estimate of drug-likeness (QED) is 0.563. The lowest BCUT2D eigenvalue weighted by Gasteiger charge is -2.32. The molecule has 1 aromatic rings. The molecule has 23 heavy (non-hydrogen) atoms. The smallest absolute Gasteiger partial charge is 0.318 e. The summed E-state index contributed by atoms with van der Waals surface area (Å²) in [5.74, 6) is 0.594. The fourth-order valence-electron chi connectivity index (χ4n) is 2.92. The van der Waals surface area contributed by atoms with Crippen molar-refractivity contribution in [2.75, 3.05) is 54.0 Å². The Morgan fingerprint density at radius 3 is 2.43 bits per heavy atom. The van der Waals surface area contributed by atoms with Crippen LogP contribution in [0, 0.1) is 10.1 Å². The van der Waals surface area contributed by atoms with Crippen molar-refractivity contribution in [2.24, 2.45) is 0 Å². The highest BCUT2D eigenvalue weighted by Gasteiger charge is 2.25. The number of hydrogen-bond acceptors (Lipinski definition) is 6. The lowest BCUT2D eigenvalue weighted by molar-refractivity contribution is -0.386. The minimum Gasteiger partial charge on any atom is -0.493 e. The second-order valence-corrected chi connectivity index (χ2v) is 5.81. The van der Waals surface area contributed by atoms with Crippen molar-refractivity contribution >= 4 is 5.69 Å². The Morgan fingerprint density at radius 2 is 1.87 bits per heavy atom. The number of aryl methyl sites for hydroxylation is 1. The summed E-state index contributed by atoms with van der Waals surface area (Å²) in [6.07, 6.45) is 1.54. The Kier molecular flexibility index (Phi) is 6.18. The standard InChI is InChI=1S/C16H25N3O4/c1-17-9-11-18(12-10-17)8-4-5-13-6-7-14(22-2)16(23-3)15(13)19(20)21/h6-7H,4-5,8-12H2,1-3H3. The summed E-state index contributed by atoms with van der Waals surface area (Å²) in [7, 11) is 5.04. The van der Waals surface area contributed by atoms with Gasteiger partial charge in [0.05, 0.1) is 19.1 Å². The number of hydrogen-bond donors (Lipinski definition) is 0. The zero-order valence-electron chi connectivity index (χ0n) is 14.1. The lowest BCUT2D eigenvalue weighted by atomic mass is 10.1. The van der Waals surface area contributed by atoms with E-state index in [2.05, 4.69) is 16.8 Å². The van der Waals surface area contributed by atoms with Gasteiger partial charge in [0.1, 0.15) is 0 Å². The predicted octanol–water partition coefficient (Wildman–Crippen LogP) is 1.79. The Labute approximate surface area is 136 Å². The van der Waals surface area contributed by atoms with Gasteiger partial charge >= 0.3 is 5.69 Å². The van der Waals surface area contributed by atoms with Crippen molar-refractivity contribution in [2.45, 2.75) is 12.8 Å². The zero-order chi connectivity index (χ0) is 16.8. The molecule has 0 atom stereocenters. The number of benzene rings is 1. The van der Waals surface area contributed by atoms with E-state index in [9.17, 15) is 10.1 Å². The molecule has 1 saturated heterocycles. The second-order valence-electron chi connectivity index (χ2n) is 5.81. The first-order valence-electron chi connectivity index (χ1n) is 7.86. The molecule has 0 saturated carbocycles. The molecule has 0 radical (unpaired) electrons. The molecule has 1 fully saturated rings. The van der Waals surface area contributed by atoms with Crippen LogP contribution in [0.15, 0.2) is 12.1 Å². The molecule has 1 aliphatic heterocycles. The van der Waals surface area contributed by atoms with Gasteiger partial charge in [-0.3, -0.25) is 10.1 Å². The first-order chi connectivity index (χ1) is 11.1. The van der Waals surface area contributed by atoms with E-state index in [1.165, 1.54) is 14.2 Å². The van der Waals surface area contributed by atoms with Crippen molar-refractivity contribution in [3.05, 3.63) is 27.8 Å². The van der Waals surface area contributed by atoms with Crippen LogP contribution in [0.5, 0.6) is 11.5 Å². The normalized spacial score (nSPS) is 16.3. The number of nitrogens with zero attached hydrogens (tertiary/aromatic N) is 3. The molecule has 0 bridgehead atoms. The van der Waals surface area contributed by atoms with E-state index in [-0.39, 0.29) is 16.4 Å². The SMILES string of the molecule is COc1ccc(CCCN2CCN(C)CC2)c([N+](=O)[O-])c1OC. The van der Waals surface area contributed by atoms with Crippen LogP contribution in [0.3, 0.4) is 0 Å². The van der Waals surface area contributed by atoms with Gasteiger partial charge in [0.25, 0.3) is 0 Å². The van der Waals surface area contributed by atoms with Gasteiger partial charge in [0.2, 0.25) is 5.75 Å². The maximum absolute atomic E-state index is 11.4. The van der Waals surface area contributed by atoms with Crippen LogP contribution in [0.25, 0.3) is 0 Å².